The van der Waals surface area contributed by atoms with Crippen LogP contribution >= 0.6 is 11.6 Å². The van der Waals surface area contributed by atoms with Crippen molar-refractivity contribution in [2.24, 2.45) is 0 Å². The molecule has 39 heavy (non-hydrogen) atoms. The summed E-state index contributed by atoms with van der Waals surface area (Å²) in [4.78, 5) is 28.7. The largest absolute Gasteiger partial charge is 0.352 e. The number of nitrogens with zero attached hydrogens (tertiary/aromatic N) is 2. The summed E-state index contributed by atoms with van der Waals surface area (Å²) >= 11 is 6.00. The van der Waals surface area contributed by atoms with E-state index in [9.17, 15) is 18.0 Å². The van der Waals surface area contributed by atoms with Crippen molar-refractivity contribution in [3.8, 4) is 0 Å². The Balaban J connectivity index is 1.68. The summed E-state index contributed by atoms with van der Waals surface area (Å²) in [5, 5.41) is 3.48. The van der Waals surface area contributed by atoms with Gasteiger partial charge in [0, 0.05) is 17.6 Å². The van der Waals surface area contributed by atoms with Crippen LogP contribution in [0.5, 0.6) is 0 Å². The van der Waals surface area contributed by atoms with E-state index in [1.165, 1.54) is 29.2 Å². The zero-order chi connectivity index (χ0) is 28.0. The molecule has 4 rings (SSSR count). The zero-order valence-electron chi connectivity index (χ0n) is 22.2. The first-order valence-electron chi connectivity index (χ1n) is 13.1. The molecule has 1 N–H and O–H groups in total. The van der Waals surface area contributed by atoms with Crippen LogP contribution in [0.2, 0.25) is 5.02 Å². The standard InChI is InChI=1S/C30H34ClN3O4S/c1-22-10-6-9-15-28(22)34(39(37,38)27-18-16-25(31)17-19-27)21-29(35)33(20-24-11-4-3-5-12-24)23(2)30(36)32-26-13-7-8-14-26/h3-6,9-12,15-19,23,26H,7-8,13-14,20-21H2,1-2H3,(H,32,36)/t23-/m0/s1. The van der Waals surface area contributed by atoms with E-state index in [1.807, 2.05) is 36.4 Å². The summed E-state index contributed by atoms with van der Waals surface area (Å²) in [7, 11) is -4.13. The predicted molar refractivity (Wildman–Crippen MR) is 154 cm³/mol. The van der Waals surface area contributed by atoms with E-state index in [-0.39, 0.29) is 23.4 Å². The van der Waals surface area contributed by atoms with Crippen LogP contribution in [-0.2, 0) is 26.2 Å². The van der Waals surface area contributed by atoms with Crippen LogP contribution in [0.3, 0.4) is 0 Å². The number of anilines is 1. The van der Waals surface area contributed by atoms with Gasteiger partial charge in [0.2, 0.25) is 11.8 Å². The number of amides is 2. The average molecular weight is 568 g/mol. The number of hydrogen-bond acceptors (Lipinski definition) is 4. The highest BCUT2D eigenvalue weighted by Gasteiger charge is 2.33. The van der Waals surface area contributed by atoms with E-state index < -0.39 is 28.5 Å². The van der Waals surface area contributed by atoms with Crippen molar-refractivity contribution in [1.82, 2.24) is 10.2 Å². The molecule has 2 amide bonds. The van der Waals surface area contributed by atoms with Gasteiger partial charge in [0.05, 0.1) is 10.6 Å². The van der Waals surface area contributed by atoms with Crippen molar-refractivity contribution < 1.29 is 18.0 Å². The number of carbonyl (C=O) groups is 2. The minimum absolute atomic E-state index is 0.0181. The lowest BCUT2D eigenvalue weighted by molar-refractivity contribution is -0.139. The first-order valence-corrected chi connectivity index (χ1v) is 15.0. The molecule has 0 bridgehead atoms. The number of carbonyl (C=O) groups excluding carboxylic acids is 2. The lowest BCUT2D eigenvalue weighted by Gasteiger charge is -2.33. The van der Waals surface area contributed by atoms with Gasteiger partial charge in [-0.3, -0.25) is 13.9 Å². The van der Waals surface area contributed by atoms with Gasteiger partial charge in [-0.05, 0) is 68.1 Å². The van der Waals surface area contributed by atoms with Gasteiger partial charge in [0.1, 0.15) is 12.6 Å². The van der Waals surface area contributed by atoms with Crippen molar-refractivity contribution >= 4 is 39.1 Å². The second kappa shape index (κ2) is 12.7. The van der Waals surface area contributed by atoms with Crippen LogP contribution in [0.1, 0.15) is 43.7 Å². The molecule has 1 saturated carbocycles. The Morgan fingerprint density at radius 3 is 2.21 bits per heavy atom. The summed E-state index contributed by atoms with van der Waals surface area (Å²) in [6.45, 7) is 3.19. The molecule has 0 aromatic heterocycles. The van der Waals surface area contributed by atoms with Crippen LogP contribution in [-0.4, -0.2) is 43.8 Å². The molecule has 0 spiro atoms. The first-order chi connectivity index (χ1) is 18.7. The fourth-order valence-corrected chi connectivity index (χ4v) is 6.45. The summed E-state index contributed by atoms with van der Waals surface area (Å²) in [6.07, 6.45) is 3.98. The lowest BCUT2D eigenvalue weighted by Crippen LogP contribution is -2.52. The Hall–Kier alpha value is -3.36. The number of nitrogens with one attached hydrogen (secondary N) is 1. The van der Waals surface area contributed by atoms with Crippen molar-refractivity contribution in [1.29, 1.82) is 0 Å². The zero-order valence-corrected chi connectivity index (χ0v) is 23.8. The highest BCUT2D eigenvalue weighted by Crippen LogP contribution is 2.28. The third-order valence-electron chi connectivity index (χ3n) is 7.13. The fraction of sp³-hybridized carbons (Fsp3) is 0.333. The molecule has 1 atom stereocenters. The predicted octanol–water partition coefficient (Wildman–Crippen LogP) is 5.32. The third-order valence-corrected chi connectivity index (χ3v) is 9.16. The van der Waals surface area contributed by atoms with E-state index in [2.05, 4.69) is 5.32 Å². The minimum Gasteiger partial charge on any atom is -0.352 e. The summed E-state index contributed by atoms with van der Waals surface area (Å²) in [6, 6.07) is 21.5. The Morgan fingerprint density at radius 2 is 1.56 bits per heavy atom. The monoisotopic (exact) mass is 567 g/mol. The Morgan fingerprint density at radius 1 is 0.949 bits per heavy atom. The van der Waals surface area contributed by atoms with E-state index >= 15 is 0 Å². The van der Waals surface area contributed by atoms with Crippen LogP contribution in [0.25, 0.3) is 0 Å². The molecule has 9 heteroatoms. The first kappa shape index (κ1) is 28.6. The fourth-order valence-electron chi connectivity index (χ4n) is 4.85. The number of rotatable bonds is 10. The van der Waals surface area contributed by atoms with E-state index in [4.69, 9.17) is 11.6 Å². The van der Waals surface area contributed by atoms with Crippen LogP contribution in [0.4, 0.5) is 5.69 Å². The van der Waals surface area contributed by atoms with E-state index in [1.54, 1.807) is 32.0 Å². The number of benzene rings is 3. The molecule has 0 unspecified atom stereocenters. The van der Waals surface area contributed by atoms with Crippen LogP contribution in [0, 0.1) is 6.92 Å². The van der Waals surface area contributed by atoms with Gasteiger partial charge >= 0.3 is 0 Å². The number of para-hydroxylation sites is 1. The molecule has 0 heterocycles. The Bertz CT molecular complexity index is 1390. The van der Waals surface area contributed by atoms with Gasteiger partial charge in [0.25, 0.3) is 10.0 Å². The molecule has 1 fully saturated rings. The normalized spacial score (nSPS) is 14.5. The highest BCUT2D eigenvalue weighted by atomic mass is 35.5. The summed E-state index contributed by atoms with van der Waals surface area (Å²) in [5.74, 6) is -0.720. The number of aryl methyl sites for hydroxylation is 1. The number of sulfonamides is 1. The highest BCUT2D eigenvalue weighted by molar-refractivity contribution is 7.92. The van der Waals surface area contributed by atoms with Gasteiger partial charge in [-0.25, -0.2) is 8.42 Å². The van der Waals surface area contributed by atoms with Gasteiger partial charge in [-0.1, -0.05) is 73.0 Å². The molecule has 7 nitrogen and oxygen atoms in total. The third kappa shape index (κ3) is 6.99. The molecule has 206 valence electrons. The van der Waals surface area contributed by atoms with E-state index in [0.717, 1.165) is 35.6 Å². The maximum atomic E-state index is 14.0. The van der Waals surface area contributed by atoms with Crippen molar-refractivity contribution in [3.05, 3.63) is 95.0 Å². The lowest BCUT2D eigenvalue weighted by atomic mass is 10.1. The maximum absolute atomic E-state index is 14.0. The van der Waals surface area contributed by atoms with Crippen molar-refractivity contribution in [3.63, 3.8) is 0 Å². The molecule has 3 aromatic rings. The van der Waals surface area contributed by atoms with Gasteiger partial charge in [-0.15, -0.1) is 0 Å². The van der Waals surface area contributed by atoms with Crippen molar-refractivity contribution in [2.45, 2.75) is 63.1 Å². The number of halogens is 1. The van der Waals surface area contributed by atoms with Gasteiger partial charge in [-0.2, -0.15) is 0 Å². The number of hydrogen-bond donors (Lipinski definition) is 1. The molecular weight excluding hydrogens is 534 g/mol. The summed E-state index contributed by atoms with van der Waals surface area (Å²) < 4.78 is 28.9. The summed E-state index contributed by atoms with van der Waals surface area (Å²) in [5.41, 5.74) is 1.93. The minimum atomic E-state index is -4.13. The maximum Gasteiger partial charge on any atom is 0.264 e. The topological polar surface area (TPSA) is 86.8 Å². The molecule has 0 saturated heterocycles. The average Bonchev–Trinajstić information content (AvgIpc) is 3.44. The van der Waals surface area contributed by atoms with Crippen LogP contribution in [0.15, 0.2) is 83.8 Å². The molecule has 1 aliphatic rings. The second-order valence-electron chi connectivity index (χ2n) is 9.93. The van der Waals surface area contributed by atoms with Crippen LogP contribution < -0.4 is 9.62 Å². The second-order valence-corrected chi connectivity index (χ2v) is 12.2. The molecule has 1 aliphatic carbocycles. The van der Waals surface area contributed by atoms with E-state index in [0.29, 0.717) is 16.3 Å². The SMILES string of the molecule is Cc1ccccc1N(CC(=O)N(Cc1ccccc1)[C@@H](C)C(=O)NC1CCCC1)S(=O)(=O)c1ccc(Cl)cc1. The molecule has 0 radical (unpaired) electrons. The molecule has 3 aromatic carbocycles. The Kier molecular flexibility index (Phi) is 9.30. The molecule has 0 aliphatic heterocycles. The quantitative estimate of drug-likeness (QED) is 0.359. The smallest absolute Gasteiger partial charge is 0.264 e. The van der Waals surface area contributed by atoms with Gasteiger partial charge in [0.15, 0.2) is 0 Å². The van der Waals surface area contributed by atoms with Crippen molar-refractivity contribution in [2.75, 3.05) is 10.8 Å². The molecular formula is C30H34ClN3O4S. The van der Waals surface area contributed by atoms with Gasteiger partial charge < -0.3 is 10.2 Å². The Labute approximate surface area is 235 Å².